The maximum absolute atomic E-state index is 13.7. The summed E-state index contributed by atoms with van der Waals surface area (Å²) in [5.74, 6) is 1.36. The molecular formula is C31H38N8O3. The van der Waals surface area contributed by atoms with Crippen LogP contribution in [0.3, 0.4) is 0 Å². The van der Waals surface area contributed by atoms with Crippen LogP contribution in [0.15, 0.2) is 36.5 Å². The summed E-state index contributed by atoms with van der Waals surface area (Å²) >= 11 is 0. The predicted molar refractivity (Wildman–Crippen MR) is 162 cm³/mol. The Bertz CT molecular complexity index is 1630. The van der Waals surface area contributed by atoms with Crippen molar-refractivity contribution in [1.29, 1.82) is 0 Å². The molecule has 2 aliphatic rings. The number of ether oxygens (including phenoxy) is 1. The van der Waals surface area contributed by atoms with E-state index in [4.69, 9.17) is 9.72 Å². The first-order valence-electron chi connectivity index (χ1n) is 14.7. The molecule has 6 rings (SSSR count). The van der Waals surface area contributed by atoms with Gasteiger partial charge in [-0.25, -0.2) is 9.67 Å². The third-order valence-electron chi connectivity index (χ3n) is 7.96. The minimum Gasteiger partial charge on any atom is -0.477 e. The first kappa shape index (κ1) is 27.9. The molecule has 11 nitrogen and oxygen atoms in total. The van der Waals surface area contributed by atoms with Crippen molar-refractivity contribution in [1.82, 2.24) is 29.2 Å². The number of hydrogen-bond donors (Lipinski definition) is 2. The third kappa shape index (κ3) is 5.87. The molecule has 1 aliphatic carbocycles. The van der Waals surface area contributed by atoms with Crippen LogP contribution in [0.5, 0.6) is 5.88 Å². The Labute approximate surface area is 245 Å². The maximum Gasteiger partial charge on any atom is 0.258 e. The van der Waals surface area contributed by atoms with Gasteiger partial charge >= 0.3 is 0 Å². The van der Waals surface area contributed by atoms with Crippen molar-refractivity contribution >= 4 is 34.5 Å². The minimum atomic E-state index is -0.259. The van der Waals surface area contributed by atoms with Gasteiger partial charge in [-0.1, -0.05) is 0 Å². The summed E-state index contributed by atoms with van der Waals surface area (Å²) in [6, 6.07) is 9.44. The van der Waals surface area contributed by atoms with Crippen LogP contribution in [-0.2, 0) is 11.8 Å². The summed E-state index contributed by atoms with van der Waals surface area (Å²) < 4.78 is 10.1. The average Bonchev–Trinajstić information content (AvgIpc) is 3.63. The zero-order valence-electron chi connectivity index (χ0n) is 24.7. The van der Waals surface area contributed by atoms with E-state index in [1.807, 2.05) is 46.3 Å². The Kier molecular flexibility index (Phi) is 7.68. The van der Waals surface area contributed by atoms with Crippen LogP contribution >= 0.6 is 0 Å². The van der Waals surface area contributed by atoms with Gasteiger partial charge in [0.1, 0.15) is 0 Å². The number of amides is 2. The van der Waals surface area contributed by atoms with Gasteiger partial charge in [0.25, 0.3) is 5.91 Å². The Morgan fingerprint density at radius 2 is 2.00 bits per heavy atom. The van der Waals surface area contributed by atoms with Gasteiger partial charge in [-0.3, -0.25) is 19.9 Å². The molecule has 2 bridgehead atoms. The van der Waals surface area contributed by atoms with Crippen LogP contribution < -0.4 is 15.4 Å². The maximum atomic E-state index is 13.7. The van der Waals surface area contributed by atoms with E-state index in [0.717, 1.165) is 66.6 Å². The monoisotopic (exact) mass is 570 g/mol. The van der Waals surface area contributed by atoms with Gasteiger partial charge in [0.2, 0.25) is 17.7 Å². The molecule has 11 heteroatoms. The smallest absolute Gasteiger partial charge is 0.258 e. The Morgan fingerprint density at radius 1 is 1.17 bits per heavy atom. The molecule has 0 radical (unpaired) electrons. The molecule has 1 unspecified atom stereocenters. The number of aromatic nitrogens is 5. The molecule has 0 saturated heterocycles. The molecule has 1 atom stereocenters. The summed E-state index contributed by atoms with van der Waals surface area (Å²) in [5, 5.41) is 10.6. The molecule has 0 spiro atoms. The highest BCUT2D eigenvalue weighted by Crippen LogP contribution is 2.45. The Hall–Kier alpha value is -4.25. The highest BCUT2D eigenvalue weighted by molar-refractivity contribution is 6.05. The Balaban J connectivity index is 1.38. The minimum absolute atomic E-state index is 0.0143. The lowest BCUT2D eigenvalue weighted by molar-refractivity contribution is -0.116. The van der Waals surface area contributed by atoms with Crippen LogP contribution in [0.1, 0.15) is 60.6 Å². The quantitative estimate of drug-likeness (QED) is 0.342. The van der Waals surface area contributed by atoms with Gasteiger partial charge in [-0.05, 0) is 95.9 Å². The van der Waals surface area contributed by atoms with E-state index in [1.165, 1.54) is 0 Å². The summed E-state index contributed by atoms with van der Waals surface area (Å²) in [7, 11) is 5.85. The van der Waals surface area contributed by atoms with Crippen molar-refractivity contribution in [3.05, 3.63) is 47.8 Å². The van der Waals surface area contributed by atoms with Gasteiger partial charge in [0.15, 0.2) is 0 Å². The van der Waals surface area contributed by atoms with E-state index in [0.29, 0.717) is 42.0 Å². The first-order valence-corrected chi connectivity index (χ1v) is 14.7. The second kappa shape index (κ2) is 11.6. The molecule has 1 aromatic carbocycles. The van der Waals surface area contributed by atoms with E-state index in [9.17, 15) is 9.59 Å². The van der Waals surface area contributed by atoms with Crippen LogP contribution in [0.2, 0.25) is 0 Å². The summed E-state index contributed by atoms with van der Waals surface area (Å²) in [6.07, 6.45) is 6.89. The van der Waals surface area contributed by atoms with E-state index in [2.05, 4.69) is 30.2 Å². The van der Waals surface area contributed by atoms with Crippen LogP contribution in [0.4, 0.5) is 11.6 Å². The molecular weight excluding hydrogens is 532 g/mol. The molecule has 3 aromatic heterocycles. The van der Waals surface area contributed by atoms with Crippen molar-refractivity contribution in [3.63, 3.8) is 0 Å². The number of fused-ring (bicyclic) bond motifs is 7. The number of hydrogen-bond acceptors (Lipinski definition) is 7. The molecule has 2 amide bonds. The third-order valence-corrected chi connectivity index (χ3v) is 7.96. The normalized spacial score (nSPS) is 17.3. The SMILES string of the molecule is Cc1cc2cc(n1)-c1cnn(C)c1OCCCC(C1CC1)n1c(nc3ccc(NC(=O)CCCN(C)C)cc31)NC2=O. The molecule has 42 heavy (non-hydrogen) atoms. The number of imidazole rings is 1. The van der Waals surface area contributed by atoms with E-state index in [1.54, 1.807) is 23.0 Å². The van der Waals surface area contributed by atoms with Crippen molar-refractivity contribution in [3.8, 4) is 17.1 Å². The number of pyridine rings is 1. The topological polar surface area (TPSA) is 119 Å². The van der Waals surface area contributed by atoms with Crippen molar-refractivity contribution in [2.24, 2.45) is 13.0 Å². The Morgan fingerprint density at radius 3 is 2.79 bits per heavy atom. The van der Waals surface area contributed by atoms with Crippen molar-refractivity contribution in [2.45, 2.75) is 51.5 Å². The summed E-state index contributed by atoms with van der Waals surface area (Å²) in [6.45, 7) is 3.25. The van der Waals surface area contributed by atoms with Crippen molar-refractivity contribution < 1.29 is 14.3 Å². The fourth-order valence-corrected chi connectivity index (χ4v) is 5.78. The van der Waals surface area contributed by atoms with Gasteiger partial charge in [0, 0.05) is 36.5 Å². The van der Waals surface area contributed by atoms with Crippen molar-refractivity contribution in [2.75, 3.05) is 37.9 Å². The lowest BCUT2D eigenvalue weighted by Crippen LogP contribution is -2.21. The summed E-state index contributed by atoms with van der Waals surface area (Å²) in [5.41, 5.74) is 4.98. The first-order chi connectivity index (χ1) is 20.3. The fourth-order valence-electron chi connectivity index (χ4n) is 5.78. The number of nitrogens with one attached hydrogen (secondary N) is 2. The van der Waals surface area contributed by atoms with Crippen LogP contribution in [-0.4, -0.2) is 68.3 Å². The highest BCUT2D eigenvalue weighted by Gasteiger charge is 2.35. The average molecular weight is 571 g/mol. The van der Waals surface area contributed by atoms with Crippen LogP contribution in [0, 0.1) is 12.8 Å². The fraction of sp³-hybridized carbons (Fsp3) is 0.452. The zero-order valence-corrected chi connectivity index (χ0v) is 24.7. The lowest BCUT2D eigenvalue weighted by Gasteiger charge is -2.23. The largest absolute Gasteiger partial charge is 0.477 e. The molecule has 4 heterocycles. The molecule has 1 saturated carbocycles. The van der Waals surface area contributed by atoms with Gasteiger partial charge in [0.05, 0.1) is 35.1 Å². The molecule has 1 fully saturated rings. The second-order valence-electron chi connectivity index (χ2n) is 11.7. The van der Waals surface area contributed by atoms with Gasteiger partial charge in [-0.2, -0.15) is 5.10 Å². The number of carbonyl (C=O) groups excluding carboxylic acids is 2. The number of aryl methyl sites for hydroxylation is 2. The van der Waals surface area contributed by atoms with Crippen LogP contribution in [0.25, 0.3) is 22.3 Å². The highest BCUT2D eigenvalue weighted by atomic mass is 16.5. The lowest BCUT2D eigenvalue weighted by atomic mass is 10.1. The number of nitrogens with zero attached hydrogens (tertiary/aromatic N) is 6. The number of anilines is 2. The second-order valence-corrected chi connectivity index (χ2v) is 11.7. The molecule has 4 aromatic rings. The van der Waals surface area contributed by atoms with Gasteiger partial charge in [-0.15, -0.1) is 0 Å². The number of benzene rings is 1. The standard InChI is InChI=1S/C31H38N8O3/c1-19-15-21-16-25(33-19)23-18-32-38(4)30(23)42-14-6-7-26(20-9-10-20)39-27-17-22(34-28(40)8-5-13-37(2)3)11-12-24(27)35-31(39)36-29(21)41/h11-12,15-18,20,26H,5-10,13-14H2,1-4H3,(H,34,40)(H,35,36,41). The number of carbonyl (C=O) groups is 2. The van der Waals surface area contributed by atoms with E-state index < -0.39 is 0 Å². The zero-order chi connectivity index (χ0) is 29.4. The van der Waals surface area contributed by atoms with E-state index >= 15 is 0 Å². The van der Waals surface area contributed by atoms with E-state index in [-0.39, 0.29) is 17.9 Å². The number of rotatable bonds is 6. The summed E-state index contributed by atoms with van der Waals surface area (Å²) in [4.78, 5) is 38.0. The van der Waals surface area contributed by atoms with Gasteiger partial charge < -0.3 is 19.5 Å². The molecule has 1 aliphatic heterocycles. The predicted octanol–water partition coefficient (Wildman–Crippen LogP) is 4.80. The molecule has 2 N–H and O–H groups in total. The molecule has 220 valence electrons.